The van der Waals surface area contributed by atoms with Crippen molar-refractivity contribution in [1.82, 2.24) is 15.3 Å². The van der Waals surface area contributed by atoms with Gasteiger partial charge >= 0.3 is 6.09 Å². The van der Waals surface area contributed by atoms with E-state index in [4.69, 9.17) is 10.5 Å². The molecule has 0 saturated carbocycles. The van der Waals surface area contributed by atoms with Crippen molar-refractivity contribution < 1.29 is 14.3 Å². The molecule has 3 aromatic rings. The maximum atomic E-state index is 11.7. The molecular weight excluding hydrogens is 370 g/mol. The molecule has 1 aromatic carbocycles. The summed E-state index contributed by atoms with van der Waals surface area (Å²) >= 11 is 0. The molecular formula is C21H25N5O3. The van der Waals surface area contributed by atoms with Gasteiger partial charge in [-0.2, -0.15) is 0 Å². The number of carbonyl (C=O) groups is 2. The van der Waals surface area contributed by atoms with E-state index in [2.05, 4.69) is 20.6 Å². The van der Waals surface area contributed by atoms with Gasteiger partial charge in [0.05, 0.1) is 5.52 Å². The van der Waals surface area contributed by atoms with Gasteiger partial charge in [0.2, 0.25) is 5.91 Å². The van der Waals surface area contributed by atoms with Crippen molar-refractivity contribution in [2.75, 3.05) is 18.4 Å². The van der Waals surface area contributed by atoms with E-state index in [1.165, 1.54) is 0 Å². The van der Waals surface area contributed by atoms with Gasteiger partial charge in [0.1, 0.15) is 11.4 Å². The fraction of sp³-hybridized carbons (Fsp3) is 0.333. The molecule has 152 valence electrons. The van der Waals surface area contributed by atoms with Crippen LogP contribution in [0.2, 0.25) is 0 Å². The average molecular weight is 395 g/mol. The second-order valence-electron chi connectivity index (χ2n) is 7.69. The van der Waals surface area contributed by atoms with Gasteiger partial charge in [0.15, 0.2) is 0 Å². The lowest BCUT2D eigenvalue weighted by Gasteiger charge is -2.19. The summed E-state index contributed by atoms with van der Waals surface area (Å²) in [6.45, 7) is 6.54. The minimum absolute atomic E-state index is 0.403. The highest BCUT2D eigenvalue weighted by molar-refractivity contribution is 6.11. The molecule has 3 rings (SSSR count). The van der Waals surface area contributed by atoms with Crippen molar-refractivity contribution in [3.63, 3.8) is 0 Å². The first-order valence-electron chi connectivity index (χ1n) is 9.42. The fourth-order valence-corrected chi connectivity index (χ4v) is 2.94. The van der Waals surface area contributed by atoms with Gasteiger partial charge < -0.3 is 21.1 Å². The molecule has 0 radical (unpaired) electrons. The molecule has 4 N–H and O–H groups in total. The Balaban J connectivity index is 1.73. The van der Waals surface area contributed by atoms with Crippen molar-refractivity contribution in [1.29, 1.82) is 0 Å². The number of rotatable bonds is 6. The fourth-order valence-electron chi connectivity index (χ4n) is 2.94. The highest BCUT2D eigenvalue weighted by Gasteiger charge is 2.15. The second kappa shape index (κ2) is 8.30. The Morgan fingerprint density at radius 3 is 2.62 bits per heavy atom. The van der Waals surface area contributed by atoms with Crippen molar-refractivity contribution >= 4 is 39.5 Å². The van der Waals surface area contributed by atoms with Crippen LogP contribution in [0, 0.1) is 0 Å². The number of alkyl carbamates (subject to hydrolysis) is 1. The van der Waals surface area contributed by atoms with Crippen LogP contribution >= 0.6 is 0 Å². The number of ether oxygens (including phenoxy) is 1. The lowest BCUT2D eigenvalue weighted by molar-refractivity contribution is 0.0527. The van der Waals surface area contributed by atoms with Gasteiger partial charge in [0, 0.05) is 47.2 Å². The second-order valence-corrected chi connectivity index (χ2v) is 7.69. The normalized spacial score (nSPS) is 11.4. The lowest BCUT2D eigenvalue weighted by Crippen LogP contribution is -2.33. The topological polar surface area (TPSA) is 119 Å². The van der Waals surface area contributed by atoms with Crippen molar-refractivity contribution in [2.45, 2.75) is 32.8 Å². The van der Waals surface area contributed by atoms with Crippen LogP contribution in [0.5, 0.6) is 0 Å². The molecule has 0 atom stereocenters. The molecule has 0 aliphatic carbocycles. The zero-order chi connectivity index (χ0) is 21.0. The number of benzene rings is 1. The van der Waals surface area contributed by atoms with Gasteiger partial charge in [-0.3, -0.25) is 9.78 Å². The Morgan fingerprint density at radius 2 is 1.90 bits per heavy atom. The number of carbonyl (C=O) groups excluding carboxylic acids is 2. The predicted octanol–water partition coefficient (Wildman–Crippen LogP) is 3.21. The summed E-state index contributed by atoms with van der Waals surface area (Å²) in [7, 11) is 0. The van der Waals surface area contributed by atoms with E-state index in [0.29, 0.717) is 36.4 Å². The number of fused-ring (bicyclic) bond motifs is 3. The van der Waals surface area contributed by atoms with Gasteiger partial charge in [-0.05, 0) is 45.4 Å². The van der Waals surface area contributed by atoms with E-state index < -0.39 is 17.6 Å². The number of aromatic nitrogens is 2. The zero-order valence-corrected chi connectivity index (χ0v) is 16.8. The summed E-state index contributed by atoms with van der Waals surface area (Å²) < 4.78 is 5.21. The third-order valence-electron chi connectivity index (χ3n) is 4.20. The average Bonchev–Trinajstić information content (AvgIpc) is 2.65. The summed E-state index contributed by atoms with van der Waals surface area (Å²) in [4.78, 5) is 32.1. The van der Waals surface area contributed by atoms with Crippen molar-refractivity contribution in [3.05, 3.63) is 42.2 Å². The van der Waals surface area contributed by atoms with E-state index in [9.17, 15) is 9.59 Å². The van der Waals surface area contributed by atoms with E-state index >= 15 is 0 Å². The van der Waals surface area contributed by atoms with Crippen LogP contribution in [0.1, 0.15) is 37.6 Å². The quantitative estimate of drug-likeness (QED) is 0.435. The smallest absolute Gasteiger partial charge is 0.407 e. The van der Waals surface area contributed by atoms with Crippen LogP contribution in [0.3, 0.4) is 0 Å². The van der Waals surface area contributed by atoms with Gasteiger partial charge in [-0.1, -0.05) is 6.07 Å². The molecule has 0 saturated heterocycles. The first-order chi connectivity index (χ1) is 13.7. The minimum Gasteiger partial charge on any atom is -0.444 e. The third kappa shape index (κ3) is 5.10. The van der Waals surface area contributed by atoms with Crippen LogP contribution in [0.4, 0.5) is 10.6 Å². The number of amides is 2. The highest BCUT2D eigenvalue weighted by atomic mass is 16.6. The zero-order valence-electron chi connectivity index (χ0n) is 16.8. The number of hydrogen-bond acceptors (Lipinski definition) is 6. The van der Waals surface area contributed by atoms with Crippen molar-refractivity contribution in [3.8, 4) is 0 Å². The predicted molar refractivity (Wildman–Crippen MR) is 113 cm³/mol. The summed E-state index contributed by atoms with van der Waals surface area (Å²) in [5.74, 6) is 0.191. The molecule has 0 spiro atoms. The summed E-state index contributed by atoms with van der Waals surface area (Å²) in [6, 6.07) is 7.10. The van der Waals surface area contributed by atoms with E-state index in [-0.39, 0.29) is 0 Å². The summed E-state index contributed by atoms with van der Waals surface area (Å²) in [5, 5.41) is 8.79. The maximum absolute atomic E-state index is 11.7. The van der Waals surface area contributed by atoms with Crippen LogP contribution < -0.4 is 16.4 Å². The molecule has 0 bridgehead atoms. The van der Waals surface area contributed by atoms with Crippen LogP contribution in [-0.4, -0.2) is 40.7 Å². The Hall–Kier alpha value is -3.42. The number of pyridine rings is 2. The van der Waals surface area contributed by atoms with Gasteiger partial charge in [-0.25, -0.2) is 9.78 Å². The first kappa shape index (κ1) is 20.3. The number of hydrogen-bond donors (Lipinski definition) is 3. The van der Waals surface area contributed by atoms with Gasteiger partial charge in [0.25, 0.3) is 0 Å². The molecule has 2 heterocycles. The summed E-state index contributed by atoms with van der Waals surface area (Å²) in [5.41, 5.74) is 5.94. The van der Waals surface area contributed by atoms with E-state index in [1.54, 1.807) is 24.5 Å². The van der Waals surface area contributed by atoms with Crippen LogP contribution in [-0.2, 0) is 4.74 Å². The molecule has 8 nitrogen and oxygen atoms in total. The number of nitrogens with one attached hydrogen (secondary N) is 2. The highest BCUT2D eigenvalue weighted by Crippen LogP contribution is 2.29. The van der Waals surface area contributed by atoms with E-state index in [1.807, 2.05) is 32.9 Å². The molecule has 8 heteroatoms. The standard InChI is InChI=1S/C21H25N5O3/c1-21(2,3)29-20(28)25-9-4-8-24-19-15-7-10-23-12-16(15)14-6-5-13(18(22)27)11-17(14)26-19/h5-7,10-12H,4,8-9H2,1-3H3,(H2,22,27)(H,24,26)(H,25,28). The molecule has 0 fully saturated rings. The number of anilines is 1. The SMILES string of the molecule is CC(C)(C)OC(=O)NCCCNc1nc2cc(C(N)=O)ccc2c2cnccc12. The monoisotopic (exact) mass is 395 g/mol. The lowest BCUT2D eigenvalue weighted by atomic mass is 10.1. The van der Waals surface area contributed by atoms with Crippen molar-refractivity contribution in [2.24, 2.45) is 5.73 Å². The van der Waals surface area contributed by atoms with Crippen LogP contribution in [0.15, 0.2) is 36.7 Å². The van der Waals surface area contributed by atoms with Gasteiger partial charge in [-0.15, -0.1) is 0 Å². The number of primary amides is 1. The molecule has 0 aliphatic heterocycles. The summed E-state index contributed by atoms with van der Waals surface area (Å²) in [6.07, 6.45) is 3.74. The molecule has 29 heavy (non-hydrogen) atoms. The largest absolute Gasteiger partial charge is 0.444 e. The number of nitrogens with two attached hydrogens (primary N) is 1. The first-order valence-corrected chi connectivity index (χ1v) is 9.42. The molecule has 0 aliphatic rings. The van der Waals surface area contributed by atoms with Crippen LogP contribution in [0.25, 0.3) is 21.7 Å². The molecule has 0 unspecified atom stereocenters. The Kier molecular flexibility index (Phi) is 5.81. The Labute approximate surface area is 168 Å². The minimum atomic E-state index is -0.520. The number of nitrogens with zero attached hydrogens (tertiary/aromatic N) is 2. The Morgan fingerprint density at radius 1 is 1.10 bits per heavy atom. The third-order valence-corrected chi connectivity index (χ3v) is 4.20. The molecule has 2 aromatic heterocycles. The maximum Gasteiger partial charge on any atom is 0.407 e. The Bertz CT molecular complexity index is 1060. The molecule has 2 amide bonds. The van der Waals surface area contributed by atoms with E-state index in [0.717, 1.165) is 16.2 Å².